The van der Waals surface area contributed by atoms with Crippen molar-refractivity contribution in [1.29, 1.82) is 0 Å². The first-order valence-corrected chi connectivity index (χ1v) is 11.4. The van der Waals surface area contributed by atoms with Crippen LogP contribution in [-0.4, -0.2) is 37.0 Å². The fourth-order valence-electron chi connectivity index (χ4n) is 4.42. The number of nitrogens with zero attached hydrogens (tertiary/aromatic N) is 2. The van der Waals surface area contributed by atoms with Crippen LogP contribution in [0.3, 0.4) is 0 Å². The Labute approximate surface area is 188 Å². The fraction of sp³-hybridized carbons (Fsp3) is 0.400. The smallest absolute Gasteiger partial charge is 0.322 e. The van der Waals surface area contributed by atoms with Crippen LogP contribution in [0.25, 0.3) is 0 Å². The molecule has 0 spiro atoms. The number of amides is 4. The van der Waals surface area contributed by atoms with E-state index < -0.39 is 0 Å². The lowest BCUT2D eigenvalue weighted by molar-refractivity contribution is -0.123. The van der Waals surface area contributed by atoms with E-state index in [9.17, 15) is 14.4 Å². The van der Waals surface area contributed by atoms with Gasteiger partial charge in [-0.05, 0) is 30.5 Å². The van der Waals surface area contributed by atoms with Crippen LogP contribution >= 0.6 is 0 Å². The fourth-order valence-corrected chi connectivity index (χ4v) is 4.42. The Morgan fingerprint density at radius 3 is 2.25 bits per heavy atom. The van der Waals surface area contributed by atoms with Crippen molar-refractivity contribution < 1.29 is 14.4 Å². The van der Waals surface area contributed by atoms with Gasteiger partial charge in [-0.15, -0.1) is 0 Å². The van der Waals surface area contributed by atoms with E-state index in [1.54, 1.807) is 12.1 Å². The van der Waals surface area contributed by atoms with Gasteiger partial charge in [-0.3, -0.25) is 19.4 Å². The molecule has 1 fully saturated rings. The van der Waals surface area contributed by atoms with E-state index in [1.807, 2.05) is 42.5 Å². The first kappa shape index (κ1) is 21.9. The third kappa shape index (κ3) is 5.28. The number of carbonyl (C=O) groups excluding carboxylic acids is 3. The largest absolute Gasteiger partial charge is 0.352 e. The van der Waals surface area contributed by atoms with Crippen molar-refractivity contribution in [2.75, 3.05) is 22.9 Å². The highest BCUT2D eigenvalue weighted by Gasteiger charge is 2.33. The molecule has 2 N–H and O–H groups in total. The molecule has 32 heavy (non-hydrogen) atoms. The Kier molecular flexibility index (Phi) is 7.04. The van der Waals surface area contributed by atoms with Crippen molar-refractivity contribution in [3.05, 3.63) is 60.2 Å². The maximum absolute atomic E-state index is 13.0. The average Bonchev–Trinajstić information content (AvgIpc) is 3.08. The second kappa shape index (κ2) is 10.3. The molecule has 0 bridgehead atoms. The Balaban J connectivity index is 1.43. The molecule has 2 aromatic carbocycles. The Morgan fingerprint density at radius 2 is 1.53 bits per heavy atom. The highest BCUT2D eigenvalue weighted by Crippen LogP contribution is 2.33. The van der Waals surface area contributed by atoms with Gasteiger partial charge in [0.25, 0.3) is 0 Å². The van der Waals surface area contributed by atoms with Crippen LogP contribution in [0.5, 0.6) is 0 Å². The van der Waals surface area contributed by atoms with Crippen molar-refractivity contribution in [1.82, 2.24) is 10.6 Å². The lowest BCUT2D eigenvalue weighted by Gasteiger charge is -2.36. The average molecular weight is 435 g/mol. The summed E-state index contributed by atoms with van der Waals surface area (Å²) in [5, 5.41) is 5.99. The molecule has 1 heterocycles. The van der Waals surface area contributed by atoms with Gasteiger partial charge in [0, 0.05) is 12.6 Å². The first-order valence-electron chi connectivity index (χ1n) is 11.4. The molecule has 1 aliphatic heterocycles. The normalized spacial score (nSPS) is 16.8. The zero-order valence-corrected chi connectivity index (χ0v) is 18.3. The zero-order valence-electron chi connectivity index (χ0n) is 18.3. The van der Waals surface area contributed by atoms with Crippen molar-refractivity contribution in [3.63, 3.8) is 0 Å². The van der Waals surface area contributed by atoms with Crippen molar-refractivity contribution in [2.24, 2.45) is 0 Å². The van der Waals surface area contributed by atoms with Crippen molar-refractivity contribution in [3.8, 4) is 0 Å². The highest BCUT2D eigenvalue weighted by molar-refractivity contribution is 6.12. The summed E-state index contributed by atoms with van der Waals surface area (Å²) < 4.78 is 0. The molecule has 4 rings (SSSR count). The molecule has 0 unspecified atom stereocenters. The SMILES string of the molecule is O=C(CN1C(=O)CN(C(=O)NCc2ccccc2)c2ccccc21)NC1CCCCCC1. The van der Waals surface area contributed by atoms with Gasteiger partial charge in [-0.25, -0.2) is 4.79 Å². The van der Waals surface area contributed by atoms with Crippen LogP contribution in [0.2, 0.25) is 0 Å². The number of para-hydroxylation sites is 2. The van der Waals surface area contributed by atoms with E-state index in [0.717, 1.165) is 31.2 Å². The molecule has 4 amide bonds. The van der Waals surface area contributed by atoms with Gasteiger partial charge in [0.2, 0.25) is 11.8 Å². The zero-order chi connectivity index (χ0) is 22.3. The second-order valence-electron chi connectivity index (χ2n) is 8.46. The van der Waals surface area contributed by atoms with Crippen LogP contribution < -0.4 is 20.4 Å². The molecule has 7 nitrogen and oxygen atoms in total. The van der Waals surface area contributed by atoms with Crippen molar-refractivity contribution in [2.45, 2.75) is 51.1 Å². The summed E-state index contributed by atoms with van der Waals surface area (Å²) >= 11 is 0. The van der Waals surface area contributed by atoms with Crippen LogP contribution in [0.1, 0.15) is 44.1 Å². The third-order valence-electron chi connectivity index (χ3n) is 6.11. The molecule has 0 saturated heterocycles. The summed E-state index contributed by atoms with van der Waals surface area (Å²) in [5.74, 6) is -0.420. The molecular formula is C25H30N4O3. The molecule has 2 aromatic rings. The van der Waals surface area contributed by atoms with E-state index in [4.69, 9.17) is 0 Å². The molecule has 168 valence electrons. The monoisotopic (exact) mass is 434 g/mol. The van der Waals surface area contributed by atoms with Gasteiger partial charge in [-0.2, -0.15) is 0 Å². The van der Waals surface area contributed by atoms with E-state index >= 15 is 0 Å². The van der Waals surface area contributed by atoms with Gasteiger partial charge >= 0.3 is 6.03 Å². The van der Waals surface area contributed by atoms with E-state index in [0.29, 0.717) is 17.9 Å². The number of anilines is 2. The van der Waals surface area contributed by atoms with Crippen LogP contribution in [0.15, 0.2) is 54.6 Å². The number of urea groups is 1. The van der Waals surface area contributed by atoms with Crippen LogP contribution in [0.4, 0.5) is 16.2 Å². The summed E-state index contributed by atoms with van der Waals surface area (Å²) in [7, 11) is 0. The van der Waals surface area contributed by atoms with Gasteiger partial charge in [0.1, 0.15) is 13.1 Å². The number of hydrogen-bond donors (Lipinski definition) is 2. The van der Waals surface area contributed by atoms with Gasteiger partial charge in [0.15, 0.2) is 0 Å². The maximum Gasteiger partial charge on any atom is 0.322 e. The lowest BCUT2D eigenvalue weighted by atomic mass is 10.1. The second-order valence-corrected chi connectivity index (χ2v) is 8.46. The van der Waals surface area contributed by atoms with Gasteiger partial charge in [0.05, 0.1) is 11.4 Å². The Bertz CT molecular complexity index is 955. The minimum absolute atomic E-state index is 0.0359. The maximum atomic E-state index is 13.0. The Morgan fingerprint density at radius 1 is 0.875 bits per heavy atom. The molecular weight excluding hydrogens is 404 g/mol. The number of nitrogens with one attached hydrogen (secondary N) is 2. The van der Waals surface area contributed by atoms with E-state index in [2.05, 4.69) is 10.6 Å². The molecule has 7 heteroatoms. The minimum atomic E-state index is -0.336. The number of rotatable bonds is 5. The summed E-state index contributed by atoms with van der Waals surface area (Å²) in [4.78, 5) is 41.5. The van der Waals surface area contributed by atoms with Gasteiger partial charge in [-0.1, -0.05) is 68.1 Å². The van der Waals surface area contributed by atoms with Gasteiger partial charge < -0.3 is 10.6 Å². The number of carbonyl (C=O) groups is 3. The number of fused-ring (bicyclic) bond motifs is 1. The molecule has 0 atom stereocenters. The first-order chi connectivity index (χ1) is 15.6. The summed E-state index contributed by atoms with van der Waals surface area (Å²) in [6.07, 6.45) is 6.67. The predicted octanol–water partition coefficient (Wildman–Crippen LogP) is 3.59. The van der Waals surface area contributed by atoms with E-state index in [1.165, 1.54) is 22.6 Å². The van der Waals surface area contributed by atoms with E-state index in [-0.39, 0.29) is 37.0 Å². The molecule has 0 aromatic heterocycles. The molecule has 1 saturated carbocycles. The number of benzene rings is 2. The summed E-state index contributed by atoms with van der Waals surface area (Å²) in [6, 6.07) is 16.7. The standard InChI is InChI=1S/C25H30N4O3/c30-23(27-20-12-6-1-2-7-13-20)17-28-21-14-8-9-15-22(21)29(18-24(28)31)25(32)26-16-19-10-4-3-5-11-19/h3-5,8-11,14-15,20H,1-2,6-7,12-13,16-18H2,(H,26,32)(H,27,30). The quantitative estimate of drug-likeness (QED) is 0.706. The number of hydrogen-bond acceptors (Lipinski definition) is 3. The predicted molar refractivity (Wildman–Crippen MR) is 124 cm³/mol. The summed E-state index contributed by atoms with van der Waals surface area (Å²) in [5.41, 5.74) is 2.18. The minimum Gasteiger partial charge on any atom is -0.352 e. The highest BCUT2D eigenvalue weighted by atomic mass is 16.2. The van der Waals surface area contributed by atoms with Crippen LogP contribution in [-0.2, 0) is 16.1 Å². The van der Waals surface area contributed by atoms with Crippen molar-refractivity contribution >= 4 is 29.2 Å². The lowest BCUT2D eigenvalue weighted by Crippen LogP contribution is -2.53. The topological polar surface area (TPSA) is 81.8 Å². The summed E-state index contributed by atoms with van der Waals surface area (Å²) in [6.45, 7) is 0.236. The molecule has 2 aliphatic rings. The Hall–Kier alpha value is -3.35. The van der Waals surface area contributed by atoms with Crippen LogP contribution in [0, 0.1) is 0 Å². The third-order valence-corrected chi connectivity index (χ3v) is 6.11. The molecule has 1 aliphatic carbocycles. The molecule has 0 radical (unpaired) electrons.